The van der Waals surface area contributed by atoms with Crippen molar-refractivity contribution in [2.75, 3.05) is 0 Å². The molecule has 0 rings (SSSR count). The van der Waals surface area contributed by atoms with Crippen LogP contribution in [0.25, 0.3) is 0 Å². The summed E-state index contributed by atoms with van der Waals surface area (Å²) < 4.78 is 0. The largest absolute Gasteiger partial charge is 0.299 e. The SMILES string of the molecule is CCCCC(=O)C(C)(CC)CC=C(C)C. The highest BCUT2D eigenvalue weighted by Gasteiger charge is 2.28. The van der Waals surface area contributed by atoms with Crippen molar-refractivity contribution in [2.24, 2.45) is 5.41 Å². The van der Waals surface area contributed by atoms with E-state index in [2.05, 4.69) is 40.7 Å². The average molecular weight is 210 g/mol. The average Bonchev–Trinajstić information content (AvgIpc) is 2.22. The van der Waals surface area contributed by atoms with Gasteiger partial charge in [-0.2, -0.15) is 0 Å². The Balaban J connectivity index is 4.40. The van der Waals surface area contributed by atoms with Gasteiger partial charge in [-0.05, 0) is 33.1 Å². The van der Waals surface area contributed by atoms with Crippen LogP contribution in [0.15, 0.2) is 11.6 Å². The number of hydrogen-bond acceptors (Lipinski definition) is 1. The molecule has 0 aromatic carbocycles. The maximum atomic E-state index is 12.0. The normalized spacial score (nSPS) is 14.5. The Hall–Kier alpha value is -0.590. The molecule has 0 radical (unpaired) electrons. The zero-order valence-corrected chi connectivity index (χ0v) is 11.0. The number of Topliss-reactive ketones (excluding diaryl/α,β-unsaturated/α-hetero) is 1. The van der Waals surface area contributed by atoms with Gasteiger partial charge in [0.1, 0.15) is 5.78 Å². The van der Waals surface area contributed by atoms with Crippen molar-refractivity contribution in [3.63, 3.8) is 0 Å². The number of unbranched alkanes of at least 4 members (excludes halogenated alkanes) is 1. The van der Waals surface area contributed by atoms with Crippen molar-refractivity contribution in [3.05, 3.63) is 11.6 Å². The monoisotopic (exact) mass is 210 g/mol. The van der Waals surface area contributed by atoms with Crippen LogP contribution in [-0.4, -0.2) is 5.78 Å². The van der Waals surface area contributed by atoms with Crippen molar-refractivity contribution >= 4 is 5.78 Å². The molecule has 1 unspecified atom stereocenters. The van der Waals surface area contributed by atoms with Gasteiger partial charge in [-0.15, -0.1) is 0 Å². The molecule has 0 spiro atoms. The second-order valence-corrected chi connectivity index (χ2v) is 4.93. The van der Waals surface area contributed by atoms with Gasteiger partial charge in [0.2, 0.25) is 0 Å². The summed E-state index contributed by atoms with van der Waals surface area (Å²) in [5, 5.41) is 0. The molecule has 1 heteroatoms. The Morgan fingerprint density at radius 2 is 1.87 bits per heavy atom. The molecule has 1 atom stereocenters. The van der Waals surface area contributed by atoms with Crippen LogP contribution in [0.4, 0.5) is 0 Å². The van der Waals surface area contributed by atoms with Crippen LogP contribution in [0.5, 0.6) is 0 Å². The smallest absolute Gasteiger partial charge is 0.139 e. The number of carbonyl (C=O) groups is 1. The van der Waals surface area contributed by atoms with Gasteiger partial charge in [0, 0.05) is 11.8 Å². The molecule has 0 heterocycles. The summed E-state index contributed by atoms with van der Waals surface area (Å²) in [6.45, 7) is 10.5. The van der Waals surface area contributed by atoms with Gasteiger partial charge in [0.25, 0.3) is 0 Å². The van der Waals surface area contributed by atoms with E-state index in [9.17, 15) is 4.79 Å². The van der Waals surface area contributed by atoms with E-state index in [1.165, 1.54) is 5.57 Å². The first kappa shape index (κ1) is 14.4. The molecular formula is C14H26O. The van der Waals surface area contributed by atoms with E-state index in [0.29, 0.717) is 5.78 Å². The predicted molar refractivity (Wildman–Crippen MR) is 67.0 cm³/mol. The maximum Gasteiger partial charge on any atom is 0.139 e. The molecule has 0 saturated heterocycles. The van der Waals surface area contributed by atoms with Crippen molar-refractivity contribution in [3.8, 4) is 0 Å². The van der Waals surface area contributed by atoms with E-state index in [-0.39, 0.29) is 5.41 Å². The molecule has 0 amide bonds. The summed E-state index contributed by atoms with van der Waals surface area (Å²) in [5.74, 6) is 0.435. The van der Waals surface area contributed by atoms with E-state index >= 15 is 0 Å². The topological polar surface area (TPSA) is 17.1 Å². The second-order valence-electron chi connectivity index (χ2n) is 4.93. The summed E-state index contributed by atoms with van der Waals surface area (Å²) in [4.78, 5) is 12.0. The van der Waals surface area contributed by atoms with Gasteiger partial charge in [0.05, 0.1) is 0 Å². The van der Waals surface area contributed by atoms with E-state index in [1.54, 1.807) is 0 Å². The highest BCUT2D eigenvalue weighted by molar-refractivity contribution is 5.84. The van der Waals surface area contributed by atoms with Crippen LogP contribution in [0.2, 0.25) is 0 Å². The number of allylic oxidation sites excluding steroid dienone is 2. The number of ketones is 1. The van der Waals surface area contributed by atoms with Gasteiger partial charge in [-0.25, -0.2) is 0 Å². The lowest BCUT2D eigenvalue weighted by atomic mass is 9.77. The minimum atomic E-state index is -0.133. The van der Waals surface area contributed by atoms with Crippen LogP contribution in [0.3, 0.4) is 0 Å². The number of rotatable bonds is 7. The Bertz CT molecular complexity index is 223. The lowest BCUT2D eigenvalue weighted by Gasteiger charge is -2.25. The van der Waals surface area contributed by atoms with Crippen LogP contribution in [0, 0.1) is 5.41 Å². The Morgan fingerprint density at radius 1 is 1.27 bits per heavy atom. The zero-order chi connectivity index (χ0) is 11.9. The predicted octanol–water partition coefficient (Wildman–Crippen LogP) is 4.52. The molecule has 0 aliphatic rings. The van der Waals surface area contributed by atoms with E-state index in [4.69, 9.17) is 0 Å². The molecule has 0 aromatic heterocycles. The Labute approximate surface area is 95.0 Å². The zero-order valence-electron chi connectivity index (χ0n) is 11.0. The standard InChI is InChI=1S/C14H26O/c1-6-8-9-13(15)14(5,7-2)11-10-12(3)4/h10H,6-9,11H2,1-5H3. The fraction of sp³-hybridized carbons (Fsp3) is 0.786. The molecule has 0 N–H and O–H groups in total. The Morgan fingerprint density at radius 3 is 2.27 bits per heavy atom. The molecule has 15 heavy (non-hydrogen) atoms. The molecule has 0 aliphatic carbocycles. The molecule has 88 valence electrons. The molecule has 1 nitrogen and oxygen atoms in total. The molecule has 0 bridgehead atoms. The van der Waals surface area contributed by atoms with Crippen LogP contribution in [0.1, 0.15) is 66.7 Å². The molecule has 0 aliphatic heterocycles. The third-order valence-corrected chi connectivity index (χ3v) is 3.17. The van der Waals surface area contributed by atoms with E-state index in [0.717, 1.165) is 32.1 Å². The maximum absolute atomic E-state index is 12.0. The van der Waals surface area contributed by atoms with Gasteiger partial charge in [-0.3, -0.25) is 4.79 Å². The molecule has 0 aromatic rings. The van der Waals surface area contributed by atoms with Crippen molar-refractivity contribution in [1.82, 2.24) is 0 Å². The highest BCUT2D eigenvalue weighted by atomic mass is 16.1. The minimum absolute atomic E-state index is 0.133. The number of carbonyl (C=O) groups excluding carboxylic acids is 1. The van der Waals surface area contributed by atoms with E-state index < -0.39 is 0 Å². The third kappa shape index (κ3) is 5.15. The summed E-state index contributed by atoms with van der Waals surface area (Å²) in [6.07, 6.45) is 6.91. The van der Waals surface area contributed by atoms with E-state index in [1.807, 2.05) is 0 Å². The van der Waals surface area contributed by atoms with Gasteiger partial charge < -0.3 is 0 Å². The van der Waals surface area contributed by atoms with Gasteiger partial charge in [0.15, 0.2) is 0 Å². The molecular weight excluding hydrogens is 184 g/mol. The Kier molecular flexibility index (Phi) is 6.55. The summed E-state index contributed by atoms with van der Waals surface area (Å²) in [5.41, 5.74) is 1.17. The summed E-state index contributed by atoms with van der Waals surface area (Å²) in [7, 11) is 0. The lowest BCUT2D eigenvalue weighted by Crippen LogP contribution is -2.26. The van der Waals surface area contributed by atoms with Crippen LogP contribution >= 0.6 is 0 Å². The van der Waals surface area contributed by atoms with Gasteiger partial charge >= 0.3 is 0 Å². The summed E-state index contributed by atoms with van der Waals surface area (Å²) in [6, 6.07) is 0. The fourth-order valence-corrected chi connectivity index (χ4v) is 1.52. The minimum Gasteiger partial charge on any atom is -0.299 e. The quantitative estimate of drug-likeness (QED) is 0.565. The van der Waals surface area contributed by atoms with Crippen LogP contribution < -0.4 is 0 Å². The first-order chi connectivity index (χ1) is 6.96. The first-order valence-electron chi connectivity index (χ1n) is 6.13. The molecule has 0 fully saturated rings. The fourth-order valence-electron chi connectivity index (χ4n) is 1.52. The lowest BCUT2D eigenvalue weighted by molar-refractivity contribution is -0.128. The summed E-state index contributed by atoms with van der Waals surface area (Å²) >= 11 is 0. The highest BCUT2D eigenvalue weighted by Crippen LogP contribution is 2.30. The van der Waals surface area contributed by atoms with Gasteiger partial charge in [-0.1, -0.05) is 38.8 Å². The first-order valence-corrected chi connectivity index (χ1v) is 6.13. The third-order valence-electron chi connectivity index (χ3n) is 3.17. The second kappa shape index (κ2) is 6.81. The van der Waals surface area contributed by atoms with Crippen molar-refractivity contribution in [2.45, 2.75) is 66.7 Å². The molecule has 0 saturated carbocycles. The number of hydrogen-bond donors (Lipinski definition) is 0. The van der Waals surface area contributed by atoms with Crippen LogP contribution in [-0.2, 0) is 4.79 Å². The van der Waals surface area contributed by atoms with Crippen molar-refractivity contribution < 1.29 is 4.79 Å². The van der Waals surface area contributed by atoms with Crippen molar-refractivity contribution in [1.29, 1.82) is 0 Å².